The quantitative estimate of drug-likeness (QED) is 0.251. The van der Waals surface area contributed by atoms with Gasteiger partial charge in [0.2, 0.25) is 4.71 Å². The minimum Gasteiger partial charge on any atom is -0.467 e. The molecule has 10 nitrogen and oxygen atoms in total. The molecule has 1 aliphatic rings. The third kappa shape index (κ3) is 4.26. The van der Waals surface area contributed by atoms with Gasteiger partial charge in [-0.15, -0.1) is 0 Å². The second kappa shape index (κ2) is 8.06. The van der Waals surface area contributed by atoms with Crippen molar-refractivity contribution in [2.45, 2.75) is 11.3 Å². The number of carbonyl (C=O) groups excluding carboxylic acids is 1. The van der Waals surface area contributed by atoms with Crippen molar-refractivity contribution in [1.29, 1.82) is 0 Å². The molecule has 3 aromatic rings. The SMILES string of the molecule is O=C1C(=Cc2ccc(-c3ccccc3[N+](=O)[O-])o2)SC(S(=O)(=O)O)N1Cc1ccco1. The van der Waals surface area contributed by atoms with Crippen LogP contribution in [0.1, 0.15) is 11.5 Å². The van der Waals surface area contributed by atoms with Crippen molar-refractivity contribution in [2.24, 2.45) is 0 Å². The predicted molar refractivity (Wildman–Crippen MR) is 111 cm³/mol. The van der Waals surface area contributed by atoms with E-state index in [0.29, 0.717) is 17.5 Å². The van der Waals surface area contributed by atoms with Gasteiger partial charge in [-0.25, -0.2) is 0 Å². The van der Waals surface area contributed by atoms with Crippen molar-refractivity contribution in [1.82, 2.24) is 4.90 Å². The number of thioether (sulfide) groups is 1. The topological polar surface area (TPSA) is 144 Å². The summed E-state index contributed by atoms with van der Waals surface area (Å²) in [5.41, 5.74) is 0.122. The highest BCUT2D eigenvalue weighted by molar-refractivity contribution is 8.15. The van der Waals surface area contributed by atoms with E-state index in [2.05, 4.69) is 0 Å². The summed E-state index contributed by atoms with van der Waals surface area (Å²) >= 11 is 0.653. The molecule has 1 saturated heterocycles. The molecular weight excluding hydrogens is 448 g/mol. The van der Waals surface area contributed by atoms with Gasteiger partial charge in [-0.05, 0) is 30.3 Å². The summed E-state index contributed by atoms with van der Waals surface area (Å²) in [6, 6.07) is 12.2. The molecule has 1 N–H and O–H groups in total. The Bertz CT molecular complexity index is 1280. The van der Waals surface area contributed by atoms with Crippen LogP contribution in [0.15, 0.2) is 68.5 Å². The Hall–Kier alpha value is -3.35. The number of rotatable bonds is 6. The first-order valence-corrected chi connectivity index (χ1v) is 11.1. The van der Waals surface area contributed by atoms with Gasteiger partial charge in [0, 0.05) is 12.1 Å². The van der Waals surface area contributed by atoms with Crippen LogP contribution in [-0.4, -0.2) is 33.4 Å². The van der Waals surface area contributed by atoms with E-state index in [1.165, 1.54) is 42.7 Å². The average Bonchev–Trinajstić information content (AvgIpc) is 3.45. The van der Waals surface area contributed by atoms with Crippen LogP contribution in [0.5, 0.6) is 0 Å². The number of hydrogen-bond donors (Lipinski definition) is 1. The highest BCUT2D eigenvalue weighted by atomic mass is 32.3. The summed E-state index contributed by atoms with van der Waals surface area (Å²) in [6.07, 6.45) is 2.71. The lowest BCUT2D eigenvalue weighted by atomic mass is 10.1. The number of amides is 1. The van der Waals surface area contributed by atoms with Crippen LogP contribution < -0.4 is 0 Å². The largest absolute Gasteiger partial charge is 0.467 e. The van der Waals surface area contributed by atoms with Gasteiger partial charge in [0.25, 0.3) is 21.7 Å². The number of nitro benzene ring substituents is 1. The number of furan rings is 2. The standard InChI is InChI=1S/C19H14N2O8S2/c22-18-17(30-19(31(25,26)27)20(18)11-13-4-3-9-28-13)10-12-7-8-16(29-12)14-5-1-2-6-15(14)21(23)24/h1-10,19H,11H2,(H,25,26,27). The van der Waals surface area contributed by atoms with Gasteiger partial charge >= 0.3 is 0 Å². The molecule has 0 bridgehead atoms. The molecule has 0 saturated carbocycles. The number of hydrogen-bond acceptors (Lipinski definition) is 8. The number of nitro groups is 1. The number of benzene rings is 1. The lowest BCUT2D eigenvalue weighted by molar-refractivity contribution is -0.384. The second-order valence-electron chi connectivity index (χ2n) is 6.44. The summed E-state index contributed by atoms with van der Waals surface area (Å²) in [7, 11) is -4.59. The zero-order chi connectivity index (χ0) is 22.2. The first kappa shape index (κ1) is 20.9. The highest BCUT2D eigenvalue weighted by Gasteiger charge is 2.44. The van der Waals surface area contributed by atoms with Gasteiger partial charge in [0.15, 0.2) is 0 Å². The molecule has 160 valence electrons. The number of nitrogens with zero attached hydrogens (tertiary/aromatic N) is 2. The molecule has 0 aliphatic carbocycles. The second-order valence-corrected chi connectivity index (χ2v) is 9.33. The Morgan fingerprint density at radius 2 is 1.97 bits per heavy atom. The molecule has 1 aromatic carbocycles. The number of para-hydroxylation sites is 1. The van der Waals surface area contributed by atoms with E-state index in [-0.39, 0.29) is 34.2 Å². The van der Waals surface area contributed by atoms with Crippen molar-refractivity contribution < 1.29 is 31.5 Å². The van der Waals surface area contributed by atoms with Crippen LogP contribution in [0.3, 0.4) is 0 Å². The molecule has 1 atom stereocenters. The Morgan fingerprint density at radius 1 is 1.19 bits per heavy atom. The van der Waals surface area contributed by atoms with E-state index in [1.54, 1.807) is 18.2 Å². The van der Waals surface area contributed by atoms with E-state index < -0.39 is 25.7 Å². The maximum Gasteiger partial charge on any atom is 0.296 e. The maximum atomic E-state index is 12.8. The van der Waals surface area contributed by atoms with E-state index in [4.69, 9.17) is 8.83 Å². The molecule has 0 radical (unpaired) electrons. The maximum absolute atomic E-state index is 12.8. The van der Waals surface area contributed by atoms with Gasteiger partial charge in [-0.2, -0.15) is 8.42 Å². The minimum absolute atomic E-state index is 0.0256. The minimum atomic E-state index is -4.59. The first-order valence-electron chi connectivity index (χ1n) is 8.75. The zero-order valence-electron chi connectivity index (χ0n) is 15.6. The Kier molecular flexibility index (Phi) is 5.43. The fraction of sp³-hybridized carbons (Fsp3) is 0.105. The van der Waals surface area contributed by atoms with Gasteiger partial charge in [0.05, 0.1) is 28.2 Å². The van der Waals surface area contributed by atoms with E-state index in [1.807, 2.05) is 0 Å². The van der Waals surface area contributed by atoms with Crippen molar-refractivity contribution in [2.75, 3.05) is 0 Å². The van der Waals surface area contributed by atoms with Crippen LogP contribution in [0.25, 0.3) is 17.4 Å². The van der Waals surface area contributed by atoms with Gasteiger partial charge in [-0.1, -0.05) is 23.9 Å². The highest BCUT2D eigenvalue weighted by Crippen LogP contribution is 2.40. The molecule has 2 aromatic heterocycles. The Balaban J connectivity index is 1.65. The molecule has 31 heavy (non-hydrogen) atoms. The molecule has 1 unspecified atom stereocenters. The Morgan fingerprint density at radius 3 is 2.65 bits per heavy atom. The summed E-state index contributed by atoms with van der Waals surface area (Å²) in [6.45, 7) is -0.153. The Labute approximate surface area is 180 Å². The van der Waals surface area contributed by atoms with E-state index in [9.17, 15) is 27.9 Å². The van der Waals surface area contributed by atoms with Crippen molar-refractivity contribution >= 4 is 39.6 Å². The van der Waals surface area contributed by atoms with Crippen LogP contribution in [0.4, 0.5) is 5.69 Å². The normalized spacial score (nSPS) is 18.1. The number of carbonyl (C=O) groups is 1. The summed E-state index contributed by atoms with van der Waals surface area (Å²) in [5.74, 6) is 0.125. The summed E-state index contributed by atoms with van der Waals surface area (Å²) in [4.78, 5) is 24.5. The molecule has 3 heterocycles. The van der Waals surface area contributed by atoms with E-state index >= 15 is 0 Å². The predicted octanol–water partition coefficient (Wildman–Crippen LogP) is 3.74. The molecule has 0 spiro atoms. The van der Waals surface area contributed by atoms with E-state index in [0.717, 1.165) is 4.90 Å². The lowest BCUT2D eigenvalue weighted by Crippen LogP contribution is -2.36. The van der Waals surface area contributed by atoms with Crippen LogP contribution in [0.2, 0.25) is 0 Å². The molecule has 1 aliphatic heterocycles. The molecule has 4 rings (SSSR count). The fourth-order valence-electron chi connectivity index (χ4n) is 3.04. The molecular formula is C19H14N2O8S2. The van der Waals surface area contributed by atoms with Gasteiger partial charge in [-0.3, -0.25) is 19.5 Å². The van der Waals surface area contributed by atoms with Crippen molar-refractivity contribution in [3.05, 3.63) is 81.3 Å². The zero-order valence-corrected chi connectivity index (χ0v) is 17.2. The van der Waals surface area contributed by atoms with Crippen molar-refractivity contribution in [3.8, 4) is 11.3 Å². The smallest absolute Gasteiger partial charge is 0.296 e. The first-order chi connectivity index (χ1) is 14.7. The third-order valence-electron chi connectivity index (χ3n) is 4.38. The summed E-state index contributed by atoms with van der Waals surface area (Å²) < 4.78 is 42.4. The molecule has 12 heteroatoms. The van der Waals surface area contributed by atoms with Gasteiger partial charge in [0.1, 0.15) is 17.3 Å². The monoisotopic (exact) mass is 462 g/mol. The third-order valence-corrected chi connectivity index (χ3v) is 7.17. The lowest BCUT2D eigenvalue weighted by Gasteiger charge is -2.19. The van der Waals surface area contributed by atoms with Gasteiger partial charge < -0.3 is 13.7 Å². The van der Waals surface area contributed by atoms with Crippen LogP contribution in [0, 0.1) is 10.1 Å². The van der Waals surface area contributed by atoms with Crippen LogP contribution in [-0.2, 0) is 21.5 Å². The molecule has 1 amide bonds. The van der Waals surface area contributed by atoms with Crippen LogP contribution >= 0.6 is 11.8 Å². The summed E-state index contributed by atoms with van der Waals surface area (Å²) in [5, 5.41) is 11.2. The van der Waals surface area contributed by atoms with Crippen molar-refractivity contribution in [3.63, 3.8) is 0 Å². The molecule has 1 fully saturated rings. The average molecular weight is 462 g/mol. The fourth-order valence-corrected chi connectivity index (χ4v) is 5.25.